The van der Waals surface area contributed by atoms with Crippen LogP contribution in [-0.2, 0) is 0 Å². The van der Waals surface area contributed by atoms with Gasteiger partial charge in [0.05, 0.1) is 7.11 Å². The van der Waals surface area contributed by atoms with Crippen molar-refractivity contribution in [1.82, 2.24) is 0 Å². The number of hydrogen-bond donors (Lipinski definition) is 0. The summed E-state index contributed by atoms with van der Waals surface area (Å²) in [5, 5.41) is 0. The van der Waals surface area contributed by atoms with Crippen LogP contribution in [0.5, 0.6) is 5.75 Å². The van der Waals surface area contributed by atoms with Crippen molar-refractivity contribution in [1.29, 1.82) is 0 Å². The zero-order chi connectivity index (χ0) is 13.7. The van der Waals surface area contributed by atoms with Gasteiger partial charge in [0.2, 0.25) is 0 Å². The molecule has 0 heterocycles. The molecule has 2 aromatic rings. The van der Waals surface area contributed by atoms with Crippen LogP contribution in [0.25, 0.3) is 0 Å². The molecule has 3 heteroatoms. The molecule has 2 rings (SSSR count). The van der Waals surface area contributed by atoms with Crippen molar-refractivity contribution in [3.8, 4) is 5.75 Å². The van der Waals surface area contributed by atoms with Crippen LogP contribution in [0.4, 0.5) is 0 Å². The summed E-state index contributed by atoms with van der Waals surface area (Å²) in [4.78, 5) is 12.8. The number of carbonyl (C=O) groups excluding carboxylic acids is 1. The van der Waals surface area contributed by atoms with Gasteiger partial charge in [-0.1, -0.05) is 42.5 Å². The highest BCUT2D eigenvalue weighted by Crippen LogP contribution is 2.14. The molecular formula is C16H14O2S. The maximum atomic E-state index is 12.1. The van der Waals surface area contributed by atoms with E-state index in [2.05, 4.69) is 0 Å². The molecule has 0 aliphatic carbocycles. The van der Waals surface area contributed by atoms with Crippen LogP contribution >= 0.6 is 12.2 Å². The van der Waals surface area contributed by atoms with E-state index in [0.29, 0.717) is 10.4 Å². The molecule has 0 aliphatic heterocycles. The molecule has 2 aromatic carbocycles. The lowest BCUT2D eigenvalue weighted by Gasteiger charge is -2.05. The average molecular weight is 270 g/mol. The summed E-state index contributed by atoms with van der Waals surface area (Å²) in [6.45, 7) is 0. The van der Waals surface area contributed by atoms with E-state index in [-0.39, 0.29) is 12.2 Å². The van der Waals surface area contributed by atoms with Crippen LogP contribution in [-0.4, -0.2) is 17.8 Å². The van der Waals surface area contributed by atoms with Crippen molar-refractivity contribution < 1.29 is 9.53 Å². The molecule has 19 heavy (non-hydrogen) atoms. The highest BCUT2D eigenvalue weighted by Gasteiger charge is 2.10. The fourth-order valence-electron chi connectivity index (χ4n) is 1.75. The van der Waals surface area contributed by atoms with Crippen LogP contribution in [0.2, 0.25) is 0 Å². The smallest absolute Gasteiger partial charge is 0.168 e. The minimum Gasteiger partial charge on any atom is -0.497 e. The van der Waals surface area contributed by atoms with Gasteiger partial charge in [-0.05, 0) is 29.8 Å². The predicted octanol–water partition coefficient (Wildman–Crippen LogP) is 3.69. The fourth-order valence-corrected chi connectivity index (χ4v) is 2.02. The molecule has 2 nitrogen and oxygen atoms in total. The van der Waals surface area contributed by atoms with Crippen molar-refractivity contribution in [2.24, 2.45) is 0 Å². The van der Waals surface area contributed by atoms with Crippen LogP contribution in [0.3, 0.4) is 0 Å². The average Bonchev–Trinajstić information content (AvgIpc) is 2.48. The Labute approximate surface area is 118 Å². The molecule has 0 fully saturated rings. The first kappa shape index (κ1) is 13.4. The monoisotopic (exact) mass is 270 g/mol. The van der Waals surface area contributed by atoms with E-state index >= 15 is 0 Å². The lowest BCUT2D eigenvalue weighted by molar-refractivity contribution is 0.100. The Kier molecular flexibility index (Phi) is 4.42. The third-order valence-corrected chi connectivity index (χ3v) is 3.21. The third kappa shape index (κ3) is 3.48. The van der Waals surface area contributed by atoms with Gasteiger partial charge in [-0.25, -0.2) is 0 Å². The van der Waals surface area contributed by atoms with Gasteiger partial charge in [0.15, 0.2) is 5.78 Å². The van der Waals surface area contributed by atoms with Gasteiger partial charge in [0, 0.05) is 16.8 Å². The van der Waals surface area contributed by atoms with E-state index in [4.69, 9.17) is 17.0 Å². The molecule has 0 N–H and O–H groups in total. The second-order valence-corrected chi connectivity index (χ2v) is 4.61. The number of ether oxygens (including phenoxy) is 1. The number of ketones is 1. The largest absolute Gasteiger partial charge is 0.497 e. The maximum absolute atomic E-state index is 12.1. The Morgan fingerprint density at radius 1 is 1.00 bits per heavy atom. The zero-order valence-electron chi connectivity index (χ0n) is 10.6. The van der Waals surface area contributed by atoms with Crippen LogP contribution in [0.1, 0.15) is 22.3 Å². The van der Waals surface area contributed by atoms with Gasteiger partial charge < -0.3 is 4.74 Å². The Morgan fingerprint density at radius 3 is 2.21 bits per heavy atom. The minimum atomic E-state index is 0.0245. The minimum absolute atomic E-state index is 0.0245. The Morgan fingerprint density at radius 2 is 1.63 bits per heavy atom. The van der Waals surface area contributed by atoms with Crippen molar-refractivity contribution in [2.75, 3.05) is 7.11 Å². The summed E-state index contributed by atoms with van der Waals surface area (Å²) in [6.07, 6.45) is 0.256. The highest BCUT2D eigenvalue weighted by atomic mass is 32.1. The molecule has 0 saturated heterocycles. The summed E-state index contributed by atoms with van der Waals surface area (Å²) in [7, 11) is 1.60. The highest BCUT2D eigenvalue weighted by molar-refractivity contribution is 7.80. The van der Waals surface area contributed by atoms with E-state index < -0.39 is 0 Å². The number of carbonyl (C=O) groups is 1. The number of hydrogen-bond acceptors (Lipinski definition) is 3. The van der Waals surface area contributed by atoms with Gasteiger partial charge in [-0.15, -0.1) is 0 Å². The van der Waals surface area contributed by atoms with E-state index in [1.807, 2.05) is 30.3 Å². The predicted molar refractivity (Wildman–Crippen MR) is 80.1 cm³/mol. The molecular weight excluding hydrogens is 256 g/mol. The molecule has 0 aliphatic rings. The number of Topliss-reactive ketones (excluding diaryl/α,β-unsaturated/α-hetero) is 1. The normalized spacial score (nSPS) is 9.95. The van der Waals surface area contributed by atoms with Crippen LogP contribution in [0, 0.1) is 0 Å². The summed E-state index contributed by atoms with van der Waals surface area (Å²) in [5.74, 6) is 0.763. The first-order valence-corrected chi connectivity index (χ1v) is 6.37. The summed E-state index contributed by atoms with van der Waals surface area (Å²) >= 11 is 5.30. The van der Waals surface area contributed by atoms with Crippen molar-refractivity contribution in [3.63, 3.8) is 0 Å². The summed E-state index contributed by atoms with van der Waals surface area (Å²) < 4.78 is 5.06. The van der Waals surface area contributed by atoms with Gasteiger partial charge in [-0.2, -0.15) is 0 Å². The molecule has 0 saturated carbocycles. The SMILES string of the molecule is COc1ccc(C(=O)CC(=S)c2ccccc2)cc1. The summed E-state index contributed by atoms with van der Waals surface area (Å²) in [6, 6.07) is 16.7. The Balaban J connectivity index is 2.06. The molecule has 0 bridgehead atoms. The first-order chi connectivity index (χ1) is 9.20. The molecule has 0 amide bonds. The van der Waals surface area contributed by atoms with Crippen LogP contribution in [0.15, 0.2) is 54.6 Å². The number of rotatable bonds is 5. The van der Waals surface area contributed by atoms with Gasteiger partial charge in [0.25, 0.3) is 0 Å². The Bertz CT molecular complexity index is 573. The van der Waals surface area contributed by atoms with E-state index in [0.717, 1.165) is 11.3 Å². The van der Waals surface area contributed by atoms with Gasteiger partial charge in [0.1, 0.15) is 5.75 Å². The fraction of sp³-hybridized carbons (Fsp3) is 0.125. The molecule has 0 aromatic heterocycles. The second-order valence-electron chi connectivity index (χ2n) is 4.12. The maximum Gasteiger partial charge on any atom is 0.168 e. The second kappa shape index (κ2) is 6.25. The lowest BCUT2D eigenvalue weighted by Crippen LogP contribution is -2.07. The van der Waals surface area contributed by atoms with Crippen molar-refractivity contribution in [2.45, 2.75) is 6.42 Å². The van der Waals surface area contributed by atoms with Crippen molar-refractivity contribution in [3.05, 3.63) is 65.7 Å². The topological polar surface area (TPSA) is 26.3 Å². The van der Waals surface area contributed by atoms with Crippen molar-refractivity contribution >= 4 is 22.9 Å². The van der Waals surface area contributed by atoms with E-state index in [1.165, 1.54) is 0 Å². The number of methoxy groups -OCH3 is 1. The first-order valence-electron chi connectivity index (χ1n) is 5.96. The molecule has 96 valence electrons. The zero-order valence-corrected chi connectivity index (χ0v) is 11.4. The number of benzene rings is 2. The molecule has 0 radical (unpaired) electrons. The van der Waals surface area contributed by atoms with E-state index in [1.54, 1.807) is 31.4 Å². The molecule has 0 atom stereocenters. The quantitative estimate of drug-likeness (QED) is 0.612. The summed E-state index contributed by atoms with van der Waals surface area (Å²) in [5.41, 5.74) is 1.58. The number of thiocarbonyl (C=S) groups is 1. The Hall–Kier alpha value is -2.00. The van der Waals surface area contributed by atoms with Gasteiger partial charge in [-0.3, -0.25) is 4.79 Å². The third-order valence-electron chi connectivity index (χ3n) is 2.83. The lowest BCUT2D eigenvalue weighted by atomic mass is 10.0. The molecule has 0 spiro atoms. The van der Waals surface area contributed by atoms with E-state index in [9.17, 15) is 4.79 Å². The van der Waals surface area contributed by atoms with Crippen LogP contribution < -0.4 is 4.74 Å². The van der Waals surface area contributed by atoms with Gasteiger partial charge >= 0.3 is 0 Å². The standard InChI is InChI=1S/C16H14O2S/c1-18-14-9-7-12(8-10-14)15(17)11-16(19)13-5-3-2-4-6-13/h2-10H,11H2,1H3. The molecule has 0 unspecified atom stereocenters.